The molecule has 20 heavy (non-hydrogen) atoms. The zero-order valence-corrected chi connectivity index (χ0v) is 12.7. The van der Waals surface area contributed by atoms with Crippen LogP contribution in [0.15, 0.2) is 40.2 Å². The maximum atomic E-state index is 12.8. The molecular formula is C14H12BrF3OS. The van der Waals surface area contributed by atoms with Crippen molar-refractivity contribution < 1.29 is 18.3 Å². The molecule has 1 nitrogen and oxygen atoms in total. The molecule has 1 aromatic heterocycles. The maximum absolute atomic E-state index is 12.8. The van der Waals surface area contributed by atoms with E-state index in [1.165, 1.54) is 12.1 Å². The number of thiophene rings is 1. The summed E-state index contributed by atoms with van der Waals surface area (Å²) < 4.78 is 38.4. The second-order valence-electron chi connectivity index (χ2n) is 4.37. The third-order valence-electron chi connectivity index (χ3n) is 2.92. The molecule has 0 amide bonds. The van der Waals surface area contributed by atoms with Crippen molar-refractivity contribution in [2.24, 2.45) is 0 Å². The Balaban J connectivity index is 2.12. The summed E-state index contributed by atoms with van der Waals surface area (Å²) in [6, 6.07) is 7.70. The van der Waals surface area contributed by atoms with Gasteiger partial charge in [-0.05, 0) is 42.0 Å². The largest absolute Gasteiger partial charge is 0.417 e. The number of benzene rings is 1. The molecule has 0 saturated heterocycles. The lowest BCUT2D eigenvalue weighted by Gasteiger charge is -2.15. The van der Waals surface area contributed by atoms with E-state index >= 15 is 0 Å². The summed E-state index contributed by atoms with van der Waals surface area (Å²) in [5.41, 5.74) is -0.470. The van der Waals surface area contributed by atoms with Crippen molar-refractivity contribution in [1.82, 2.24) is 0 Å². The van der Waals surface area contributed by atoms with Gasteiger partial charge in [-0.25, -0.2) is 0 Å². The lowest BCUT2D eigenvalue weighted by Crippen LogP contribution is -2.08. The molecule has 0 fully saturated rings. The Morgan fingerprint density at radius 3 is 2.60 bits per heavy atom. The monoisotopic (exact) mass is 364 g/mol. The second-order valence-corrected chi connectivity index (χ2v) is 6.26. The molecular weight excluding hydrogens is 353 g/mol. The van der Waals surface area contributed by atoms with Crippen LogP contribution in [-0.2, 0) is 12.6 Å². The predicted molar refractivity (Wildman–Crippen MR) is 76.7 cm³/mol. The molecule has 0 radical (unpaired) electrons. The van der Waals surface area contributed by atoms with E-state index in [2.05, 4.69) is 15.9 Å². The Labute approximate surface area is 127 Å². The van der Waals surface area contributed by atoms with Crippen molar-refractivity contribution in [1.29, 1.82) is 0 Å². The Morgan fingerprint density at radius 1 is 1.25 bits per heavy atom. The van der Waals surface area contributed by atoms with Crippen LogP contribution in [0.2, 0.25) is 0 Å². The van der Waals surface area contributed by atoms with E-state index < -0.39 is 17.8 Å². The van der Waals surface area contributed by atoms with Gasteiger partial charge in [-0.15, -0.1) is 11.3 Å². The minimum Gasteiger partial charge on any atom is -0.388 e. The van der Waals surface area contributed by atoms with Crippen LogP contribution in [0.4, 0.5) is 13.2 Å². The van der Waals surface area contributed by atoms with Gasteiger partial charge in [0.25, 0.3) is 0 Å². The van der Waals surface area contributed by atoms with Crippen LogP contribution in [0, 0.1) is 0 Å². The normalized spacial score (nSPS) is 13.4. The van der Waals surface area contributed by atoms with Crippen LogP contribution in [0.5, 0.6) is 0 Å². The Morgan fingerprint density at radius 2 is 2.00 bits per heavy atom. The molecule has 1 heterocycles. The van der Waals surface area contributed by atoms with Crippen LogP contribution in [0.25, 0.3) is 0 Å². The van der Waals surface area contributed by atoms with Crippen LogP contribution in [0.3, 0.4) is 0 Å². The first-order valence-electron chi connectivity index (χ1n) is 5.95. The van der Waals surface area contributed by atoms with Gasteiger partial charge in [0.2, 0.25) is 0 Å². The van der Waals surface area contributed by atoms with Crippen molar-refractivity contribution in [3.63, 3.8) is 0 Å². The lowest BCUT2D eigenvalue weighted by atomic mass is 10.0. The molecule has 0 aliphatic heterocycles. The topological polar surface area (TPSA) is 20.2 Å². The molecule has 1 N–H and O–H groups in total. The molecule has 2 rings (SSSR count). The van der Waals surface area contributed by atoms with Gasteiger partial charge < -0.3 is 5.11 Å². The first-order valence-corrected chi connectivity index (χ1v) is 7.62. The molecule has 1 atom stereocenters. The maximum Gasteiger partial charge on any atom is 0.417 e. The Kier molecular flexibility index (Phi) is 4.88. The second kappa shape index (κ2) is 6.28. The minimum absolute atomic E-state index is 0.0146. The zero-order chi connectivity index (χ0) is 14.8. The van der Waals surface area contributed by atoms with Crippen molar-refractivity contribution in [3.8, 4) is 0 Å². The van der Waals surface area contributed by atoms with Gasteiger partial charge in [0.15, 0.2) is 0 Å². The van der Waals surface area contributed by atoms with E-state index in [0.29, 0.717) is 12.8 Å². The molecule has 0 bridgehead atoms. The summed E-state index contributed by atoms with van der Waals surface area (Å²) in [7, 11) is 0. The zero-order valence-electron chi connectivity index (χ0n) is 10.3. The SMILES string of the molecule is OC(CCc1cccs1)c1ccc(Br)c(C(F)(F)F)c1. The van der Waals surface area contributed by atoms with E-state index in [-0.39, 0.29) is 10.0 Å². The highest BCUT2D eigenvalue weighted by Gasteiger charge is 2.33. The number of aliphatic hydroxyl groups is 1. The number of rotatable bonds is 4. The van der Waals surface area contributed by atoms with Crippen molar-refractivity contribution in [2.45, 2.75) is 25.1 Å². The standard InChI is InChI=1S/C14H12BrF3OS/c15-12-5-3-9(8-11(12)14(16,17)18)13(19)6-4-10-2-1-7-20-10/h1-3,5,7-8,13,19H,4,6H2. The van der Waals surface area contributed by atoms with Gasteiger partial charge in [0.05, 0.1) is 11.7 Å². The molecule has 0 aliphatic rings. The molecule has 2 aromatic rings. The number of hydrogen-bond acceptors (Lipinski definition) is 2. The molecule has 6 heteroatoms. The highest BCUT2D eigenvalue weighted by molar-refractivity contribution is 9.10. The number of aliphatic hydroxyl groups excluding tert-OH is 1. The van der Waals surface area contributed by atoms with Gasteiger partial charge in [0, 0.05) is 9.35 Å². The van der Waals surface area contributed by atoms with Gasteiger partial charge in [-0.3, -0.25) is 0 Å². The molecule has 0 saturated carbocycles. The van der Waals surface area contributed by atoms with E-state index in [9.17, 15) is 18.3 Å². The highest BCUT2D eigenvalue weighted by Crippen LogP contribution is 2.36. The average molecular weight is 365 g/mol. The van der Waals surface area contributed by atoms with Crippen LogP contribution in [0.1, 0.15) is 28.5 Å². The summed E-state index contributed by atoms with van der Waals surface area (Å²) in [4.78, 5) is 1.11. The van der Waals surface area contributed by atoms with E-state index in [0.717, 1.165) is 10.9 Å². The molecule has 1 aromatic carbocycles. The highest BCUT2D eigenvalue weighted by atomic mass is 79.9. The first-order chi connectivity index (χ1) is 9.38. The van der Waals surface area contributed by atoms with E-state index in [1.807, 2.05) is 17.5 Å². The molecule has 0 spiro atoms. The fourth-order valence-electron chi connectivity index (χ4n) is 1.87. The third-order valence-corrected chi connectivity index (χ3v) is 4.55. The van der Waals surface area contributed by atoms with E-state index in [4.69, 9.17) is 0 Å². The van der Waals surface area contributed by atoms with Gasteiger partial charge in [-0.2, -0.15) is 13.2 Å². The van der Waals surface area contributed by atoms with Crippen LogP contribution < -0.4 is 0 Å². The van der Waals surface area contributed by atoms with Gasteiger partial charge in [-0.1, -0.05) is 28.1 Å². The summed E-state index contributed by atoms with van der Waals surface area (Å²) in [6.45, 7) is 0. The predicted octanol–water partition coefficient (Wildman–Crippen LogP) is 5.20. The molecule has 108 valence electrons. The van der Waals surface area contributed by atoms with Gasteiger partial charge in [0.1, 0.15) is 0 Å². The van der Waals surface area contributed by atoms with Crippen molar-refractivity contribution in [2.75, 3.05) is 0 Å². The smallest absolute Gasteiger partial charge is 0.388 e. The lowest BCUT2D eigenvalue weighted by molar-refractivity contribution is -0.138. The van der Waals surface area contributed by atoms with Crippen molar-refractivity contribution >= 4 is 27.3 Å². The number of hydrogen-bond donors (Lipinski definition) is 1. The summed E-state index contributed by atoms with van der Waals surface area (Å²) in [5, 5.41) is 12.0. The van der Waals surface area contributed by atoms with Crippen LogP contribution in [-0.4, -0.2) is 5.11 Å². The number of halogens is 4. The fraction of sp³-hybridized carbons (Fsp3) is 0.286. The number of alkyl halides is 3. The number of aryl methyl sites for hydroxylation is 1. The quantitative estimate of drug-likeness (QED) is 0.790. The van der Waals surface area contributed by atoms with Crippen molar-refractivity contribution in [3.05, 3.63) is 56.2 Å². The minimum atomic E-state index is -4.43. The van der Waals surface area contributed by atoms with Crippen LogP contribution >= 0.6 is 27.3 Å². The Bertz CT molecular complexity index is 566. The Hall–Kier alpha value is -0.850. The average Bonchev–Trinajstić information content (AvgIpc) is 2.88. The fourth-order valence-corrected chi connectivity index (χ4v) is 3.06. The van der Waals surface area contributed by atoms with E-state index in [1.54, 1.807) is 11.3 Å². The molecule has 0 aliphatic carbocycles. The molecule has 1 unspecified atom stereocenters. The summed E-state index contributed by atoms with van der Waals surface area (Å²) in [6.07, 6.45) is -4.27. The summed E-state index contributed by atoms with van der Waals surface area (Å²) in [5.74, 6) is 0. The summed E-state index contributed by atoms with van der Waals surface area (Å²) >= 11 is 4.46. The first kappa shape index (κ1) is 15.5. The third kappa shape index (κ3) is 3.84. The van der Waals surface area contributed by atoms with Gasteiger partial charge >= 0.3 is 6.18 Å².